The zero-order chi connectivity index (χ0) is 15.7. The van der Waals surface area contributed by atoms with Gasteiger partial charge in [0.25, 0.3) is 5.91 Å². The summed E-state index contributed by atoms with van der Waals surface area (Å²) in [5.74, 6) is -1.30. The molecule has 0 saturated carbocycles. The Hall–Kier alpha value is -1.38. The molecule has 0 bridgehead atoms. The highest BCUT2D eigenvalue weighted by Gasteiger charge is 2.20. The summed E-state index contributed by atoms with van der Waals surface area (Å²) in [5, 5.41) is 8.92. The monoisotopic (exact) mass is 432 g/mol. The maximum atomic E-state index is 12.5. The fraction of sp³-hybridized carbons (Fsp3) is 0.0769. The number of hydrogen-bond donors (Lipinski definition) is 2. The highest BCUT2D eigenvalue weighted by atomic mass is 79.9. The Morgan fingerprint density at radius 2 is 1.95 bits per heavy atom. The number of anilines is 2. The highest BCUT2D eigenvalue weighted by molar-refractivity contribution is 9.12. The van der Waals surface area contributed by atoms with Gasteiger partial charge in [-0.05, 0) is 56.1 Å². The summed E-state index contributed by atoms with van der Waals surface area (Å²) >= 11 is 8.06. The molecule has 0 unspecified atom stereocenters. The molecule has 1 amide bonds. The lowest BCUT2D eigenvalue weighted by Crippen LogP contribution is -2.27. The van der Waals surface area contributed by atoms with Crippen LogP contribution >= 0.6 is 43.2 Å². The number of nitrogens with zero attached hydrogens (tertiary/aromatic N) is 1. The number of carbonyl (C=O) groups is 2. The number of amides is 1. The summed E-state index contributed by atoms with van der Waals surface area (Å²) in [6.45, 7) is 0. The van der Waals surface area contributed by atoms with Crippen molar-refractivity contribution in [1.29, 1.82) is 0 Å². The van der Waals surface area contributed by atoms with Crippen molar-refractivity contribution in [2.24, 2.45) is 0 Å². The second-order valence-corrected chi connectivity index (χ2v) is 7.93. The topological polar surface area (TPSA) is 83.6 Å². The molecule has 1 heterocycles. The average Bonchev–Trinajstić information content (AvgIpc) is 2.75. The largest absolute Gasteiger partial charge is 0.478 e. The summed E-state index contributed by atoms with van der Waals surface area (Å²) in [7, 11) is 1.59. The number of rotatable bonds is 3. The molecule has 0 radical (unpaired) electrons. The maximum Gasteiger partial charge on any atom is 0.335 e. The Labute approximate surface area is 141 Å². The molecular formula is C13H10Br2N2O3S. The van der Waals surface area contributed by atoms with Crippen LogP contribution in [-0.4, -0.2) is 24.0 Å². The number of halogens is 2. The molecule has 110 valence electrons. The third-order valence-corrected chi connectivity index (χ3v) is 5.17. The van der Waals surface area contributed by atoms with Gasteiger partial charge in [-0.2, -0.15) is 0 Å². The van der Waals surface area contributed by atoms with Crippen LogP contribution in [0.3, 0.4) is 0 Å². The van der Waals surface area contributed by atoms with E-state index < -0.39 is 5.97 Å². The third kappa shape index (κ3) is 3.28. The van der Waals surface area contributed by atoms with Crippen LogP contribution in [0, 0.1) is 0 Å². The first-order chi connectivity index (χ1) is 9.81. The van der Waals surface area contributed by atoms with E-state index in [1.54, 1.807) is 13.1 Å². The summed E-state index contributed by atoms with van der Waals surface area (Å²) < 4.78 is 1.55. The van der Waals surface area contributed by atoms with E-state index in [1.807, 2.05) is 0 Å². The summed E-state index contributed by atoms with van der Waals surface area (Å²) in [6, 6.07) is 5.98. The standard InChI is InChI=1S/C13H10Br2N2O3S/c1-17(12(18)7-5-10(14)21-11(7)15)9-3-2-6(13(19)20)4-8(9)16/h2-5H,16H2,1H3,(H,19,20). The van der Waals surface area contributed by atoms with Crippen LogP contribution in [0.1, 0.15) is 20.7 Å². The number of carboxylic acids is 1. The van der Waals surface area contributed by atoms with Crippen molar-refractivity contribution in [3.05, 3.63) is 43.0 Å². The van der Waals surface area contributed by atoms with E-state index in [-0.39, 0.29) is 17.2 Å². The van der Waals surface area contributed by atoms with Gasteiger partial charge in [-0.25, -0.2) is 4.79 Å². The quantitative estimate of drug-likeness (QED) is 0.720. The molecular weight excluding hydrogens is 424 g/mol. The first-order valence-corrected chi connectivity index (χ1v) is 8.07. The van der Waals surface area contributed by atoms with Crippen LogP contribution in [-0.2, 0) is 0 Å². The van der Waals surface area contributed by atoms with Gasteiger partial charge in [-0.1, -0.05) is 0 Å². The molecule has 1 aromatic carbocycles. The van der Waals surface area contributed by atoms with Gasteiger partial charge in [0.05, 0.1) is 30.1 Å². The lowest BCUT2D eigenvalue weighted by Gasteiger charge is -2.19. The number of hydrogen-bond acceptors (Lipinski definition) is 4. The van der Waals surface area contributed by atoms with Gasteiger partial charge in [0.1, 0.15) is 0 Å². The number of aromatic carboxylic acids is 1. The number of carboxylic acid groups (broad SMARTS) is 1. The average molecular weight is 434 g/mol. The van der Waals surface area contributed by atoms with E-state index >= 15 is 0 Å². The van der Waals surface area contributed by atoms with Gasteiger partial charge < -0.3 is 15.7 Å². The molecule has 3 N–H and O–H groups in total. The zero-order valence-corrected chi connectivity index (χ0v) is 14.8. The summed E-state index contributed by atoms with van der Waals surface area (Å²) in [4.78, 5) is 24.7. The van der Waals surface area contributed by atoms with E-state index in [1.165, 1.54) is 34.4 Å². The van der Waals surface area contributed by atoms with Gasteiger partial charge in [0.2, 0.25) is 0 Å². The van der Waals surface area contributed by atoms with E-state index in [0.29, 0.717) is 15.0 Å². The molecule has 2 rings (SSSR count). The molecule has 0 fully saturated rings. The van der Waals surface area contributed by atoms with Crippen LogP contribution in [0.5, 0.6) is 0 Å². The number of nitrogen functional groups attached to an aromatic ring is 1. The van der Waals surface area contributed by atoms with Crippen molar-refractivity contribution in [3.8, 4) is 0 Å². The molecule has 1 aromatic heterocycles. The molecule has 0 aliphatic rings. The number of benzene rings is 1. The lowest BCUT2D eigenvalue weighted by atomic mass is 10.1. The fourth-order valence-electron chi connectivity index (χ4n) is 1.77. The third-order valence-electron chi connectivity index (χ3n) is 2.83. The van der Waals surface area contributed by atoms with Gasteiger partial charge in [-0.15, -0.1) is 11.3 Å². The SMILES string of the molecule is CN(C(=O)c1cc(Br)sc1Br)c1ccc(C(=O)O)cc1N. The molecule has 8 heteroatoms. The molecule has 5 nitrogen and oxygen atoms in total. The predicted molar refractivity (Wildman–Crippen MR) is 90.3 cm³/mol. The van der Waals surface area contributed by atoms with Crippen molar-refractivity contribution in [3.63, 3.8) is 0 Å². The van der Waals surface area contributed by atoms with Crippen LogP contribution in [0.15, 0.2) is 31.8 Å². The van der Waals surface area contributed by atoms with Crippen LogP contribution in [0.25, 0.3) is 0 Å². The first kappa shape index (κ1) is 16.0. The summed E-state index contributed by atoms with van der Waals surface area (Å²) in [5.41, 5.74) is 7.12. The maximum absolute atomic E-state index is 12.5. The van der Waals surface area contributed by atoms with Gasteiger partial charge in [-0.3, -0.25) is 4.79 Å². The number of nitrogens with two attached hydrogens (primary N) is 1. The van der Waals surface area contributed by atoms with E-state index in [0.717, 1.165) is 3.79 Å². The highest BCUT2D eigenvalue weighted by Crippen LogP contribution is 2.34. The van der Waals surface area contributed by atoms with Gasteiger partial charge in [0.15, 0.2) is 0 Å². The van der Waals surface area contributed by atoms with Gasteiger partial charge >= 0.3 is 5.97 Å². The minimum Gasteiger partial charge on any atom is -0.478 e. The molecule has 0 atom stereocenters. The van der Waals surface area contributed by atoms with E-state index in [9.17, 15) is 9.59 Å². The summed E-state index contributed by atoms with van der Waals surface area (Å²) in [6.07, 6.45) is 0. The van der Waals surface area contributed by atoms with Crippen molar-refractivity contribution in [2.45, 2.75) is 0 Å². The molecule has 0 spiro atoms. The lowest BCUT2D eigenvalue weighted by molar-refractivity contribution is 0.0697. The Morgan fingerprint density at radius 1 is 1.29 bits per heavy atom. The Balaban J connectivity index is 2.36. The molecule has 0 aliphatic carbocycles. The first-order valence-electron chi connectivity index (χ1n) is 5.67. The fourth-order valence-corrected chi connectivity index (χ4v) is 4.55. The predicted octanol–water partition coefficient (Wildman–Crippen LogP) is 3.83. The molecule has 21 heavy (non-hydrogen) atoms. The minimum atomic E-state index is -1.06. The van der Waals surface area contributed by atoms with Crippen LogP contribution in [0.4, 0.5) is 11.4 Å². The molecule has 2 aromatic rings. The van der Waals surface area contributed by atoms with E-state index in [4.69, 9.17) is 10.8 Å². The minimum absolute atomic E-state index is 0.0801. The van der Waals surface area contributed by atoms with Crippen molar-refractivity contribution >= 4 is 66.4 Å². The Bertz CT molecular complexity index is 730. The smallest absolute Gasteiger partial charge is 0.335 e. The number of carbonyl (C=O) groups excluding carboxylic acids is 1. The number of thiophene rings is 1. The zero-order valence-electron chi connectivity index (χ0n) is 10.8. The van der Waals surface area contributed by atoms with Crippen molar-refractivity contribution in [1.82, 2.24) is 0 Å². The van der Waals surface area contributed by atoms with Gasteiger partial charge in [0, 0.05) is 7.05 Å². The normalized spacial score (nSPS) is 10.4. The van der Waals surface area contributed by atoms with Crippen LogP contribution < -0.4 is 10.6 Å². The second kappa shape index (κ2) is 6.17. The molecule has 0 saturated heterocycles. The van der Waals surface area contributed by atoms with Crippen molar-refractivity contribution < 1.29 is 14.7 Å². The van der Waals surface area contributed by atoms with Crippen LogP contribution in [0.2, 0.25) is 0 Å². The molecule has 0 aliphatic heterocycles. The Kier molecular flexibility index (Phi) is 4.70. The Morgan fingerprint density at radius 3 is 2.43 bits per heavy atom. The van der Waals surface area contributed by atoms with Crippen molar-refractivity contribution in [2.75, 3.05) is 17.7 Å². The second-order valence-electron chi connectivity index (χ2n) is 4.18. The van der Waals surface area contributed by atoms with E-state index in [2.05, 4.69) is 31.9 Å².